The van der Waals surface area contributed by atoms with Crippen LogP contribution in [-0.2, 0) is 18.3 Å². The third-order valence-electron chi connectivity index (χ3n) is 2.19. The zero-order chi connectivity index (χ0) is 10.1. The highest BCUT2D eigenvalue weighted by atomic mass is 16.1. The predicted molar refractivity (Wildman–Crippen MR) is 53.6 cm³/mol. The summed E-state index contributed by atoms with van der Waals surface area (Å²) >= 11 is 0. The molecule has 0 fully saturated rings. The van der Waals surface area contributed by atoms with Crippen molar-refractivity contribution in [1.29, 1.82) is 0 Å². The molecule has 1 heterocycles. The molecule has 4 nitrogen and oxygen atoms in total. The molecule has 0 aliphatic heterocycles. The van der Waals surface area contributed by atoms with Crippen LogP contribution in [0.5, 0.6) is 0 Å². The van der Waals surface area contributed by atoms with Gasteiger partial charge in [0.2, 0.25) is 5.91 Å². The van der Waals surface area contributed by atoms with Crippen LogP contribution in [0, 0.1) is 0 Å². The lowest BCUT2D eigenvalue weighted by molar-refractivity contribution is -0.117. The average molecular weight is 189 g/mol. The first kappa shape index (κ1) is 8.74. The summed E-state index contributed by atoms with van der Waals surface area (Å²) in [5.41, 5.74) is 7.06. The van der Waals surface area contributed by atoms with Crippen LogP contribution in [0.15, 0.2) is 24.4 Å². The molecule has 0 spiro atoms. The third-order valence-corrected chi connectivity index (χ3v) is 2.19. The van der Waals surface area contributed by atoms with Crippen molar-refractivity contribution in [2.45, 2.75) is 6.42 Å². The molecule has 2 rings (SSSR count). The zero-order valence-electron chi connectivity index (χ0n) is 7.90. The second-order valence-electron chi connectivity index (χ2n) is 3.30. The highest BCUT2D eigenvalue weighted by molar-refractivity contribution is 5.82. The van der Waals surface area contributed by atoms with Crippen LogP contribution in [0.1, 0.15) is 5.56 Å². The number of primary amides is 1. The molecule has 4 heteroatoms. The molecule has 14 heavy (non-hydrogen) atoms. The van der Waals surface area contributed by atoms with Crippen LogP contribution in [0.3, 0.4) is 0 Å². The van der Waals surface area contributed by atoms with Gasteiger partial charge in [-0.25, -0.2) is 0 Å². The minimum atomic E-state index is -0.313. The van der Waals surface area contributed by atoms with E-state index in [1.807, 2.05) is 25.2 Å². The van der Waals surface area contributed by atoms with Gasteiger partial charge >= 0.3 is 0 Å². The molecule has 2 N–H and O–H groups in total. The van der Waals surface area contributed by atoms with Crippen molar-refractivity contribution in [3.63, 3.8) is 0 Å². The molecule has 0 atom stereocenters. The Morgan fingerprint density at radius 2 is 2.36 bits per heavy atom. The number of carbonyl (C=O) groups is 1. The van der Waals surface area contributed by atoms with Gasteiger partial charge in [0.25, 0.3) is 0 Å². The van der Waals surface area contributed by atoms with E-state index in [9.17, 15) is 4.79 Å². The largest absolute Gasteiger partial charge is 0.369 e. The Bertz CT molecular complexity index is 487. The van der Waals surface area contributed by atoms with Crippen LogP contribution in [0.4, 0.5) is 0 Å². The van der Waals surface area contributed by atoms with Crippen molar-refractivity contribution < 1.29 is 4.79 Å². The Balaban J connectivity index is 2.49. The molecule has 0 radical (unpaired) electrons. The van der Waals surface area contributed by atoms with E-state index in [1.165, 1.54) is 0 Å². The number of amides is 1. The minimum absolute atomic E-state index is 0.279. The Labute approximate surface area is 81.3 Å². The first-order chi connectivity index (χ1) is 6.66. The van der Waals surface area contributed by atoms with E-state index in [0.717, 1.165) is 16.5 Å². The molecule has 0 aliphatic rings. The number of benzene rings is 1. The lowest BCUT2D eigenvalue weighted by Crippen LogP contribution is -2.13. The summed E-state index contributed by atoms with van der Waals surface area (Å²) in [5, 5.41) is 5.19. The topological polar surface area (TPSA) is 60.9 Å². The number of carbonyl (C=O) groups excluding carboxylic acids is 1. The Morgan fingerprint density at radius 3 is 3.07 bits per heavy atom. The summed E-state index contributed by atoms with van der Waals surface area (Å²) in [6, 6.07) is 5.78. The van der Waals surface area contributed by atoms with Crippen molar-refractivity contribution in [3.8, 4) is 0 Å². The van der Waals surface area contributed by atoms with Gasteiger partial charge < -0.3 is 5.73 Å². The lowest BCUT2D eigenvalue weighted by Gasteiger charge is -1.99. The summed E-state index contributed by atoms with van der Waals surface area (Å²) < 4.78 is 1.78. The number of aromatic nitrogens is 2. The van der Waals surface area contributed by atoms with Gasteiger partial charge in [-0.05, 0) is 11.6 Å². The molecule has 0 saturated carbocycles. The maximum absolute atomic E-state index is 10.7. The van der Waals surface area contributed by atoms with Gasteiger partial charge in [-0.3, -0.25) is 9.48 Å². The monoisotopic (exact) mass is 189 g/mol. The molecular weight excluding hydrogens is 178 g/mol. The first-order valence-corrected chi connectivity index (χ1v) is 4.36. The molecule has 0 aliphatic carbocycles. The number of hydrogen-bond acceptors (Lipinski definition) is 2. The lowest BCUT2D eigenvalue weighted by atomic mass is 10.1. The molecule has 72 valence electrons. The van der Waals surface area contributed by atoms with Crippen molar-refractivity contribution in [2.75, 3.05) is 0 Å². The molecular formula is C10H11N3O. The highest BCUT2D eigenvalue weighted by Crippen LogP contribution is 2.14. The fourth-order valence-electron chi connectivity index (χ4n) is 1.50. The fraction of sp³-hybridized carbons (Fsp3) is 0.200. The van der Waals surface area contributed by atoms with E-state index in [1.54, 1.807) is 10.9 Å². The number of fused-ring (bicyclic) bond motifs is 1. The molecule has 1 aromatic carbocycles. The van der Waals surface area contributed by atoms with Crippen LogP contribution in [0.25, 0.3) is 10.9 Å². The van der Waals surface area contributed by atoms with Crippen LogP contribution in [0.2, 0.25) is 0 Å². The molecule has 0 saturated heterocycles. The highest BCUT2D eigenvalue weighted by Gasteiger charge is 2.02. The normalized spacial score (nSPS) is 10.6. The maximum atomic E-state index is 10.7. The Hall–Kier alpha value is -1.84. The SMILES string of the molecule is Cn1ncc2ccc(CC(N)=O)cc21. The van der Waals surface area contributed by atoms with E-state index < -0.39 is 0 Å². The van der Waals surface area contributed by atoms with Gasteiger partial charge in [-0.2, -0.15) is 5.10 Å². The first-order valence-electron chi connectivity index (χ1n) is 4.36. The van der Waals surface area contributed by atoms with E-state index in [4.69, 9.17) is 5.73 Å². The number of nitrogens with two attached hydrogens (primary N) is 1. The van der Waals surface area contributed by atoms with E-state index in [0.29, 0.717) is 0 Å². The standard InChI is InChI=1S/C10H11N3O/c1-13-9-4-7(5-10(11)14)2-3-8(9)6-12-13/h2-4,6H,5H2,1H3,(H2,11,14). The smallest absolute Gasteiger partial charge is 0.221 e. The van der Waals surface area contributed by atoms with Crippen molar-refractivity contribution in [3.05, 3.63) is 30.0 Å². The van der Waals surface area contributed by atoms with E-state index in [2.05, 4.69) is 5.10 Å². The summed E-state index contributed by atoms with van der Waals surface area (Å²) in [4.78, 5) is 10.7. The van der Waals surface area contributed by atoms with E-state index in [-0.39, 0.29) is 12.3 Å². The minimum Gasteiger partial charge on any atom is -0.369 e. The van der Waals surface area contributed by atoms with Crippen molar-refractivity contribution in [1.82, 2.24) is 9.78 Å². The second kappa shape index (κ2) is 3.14. The Kier molecular flexibility index (Phi) is 1.96. The van der Waals surface area contributed by atoms with Crippen molar-refractivity contribution in [2.24, 2.45) is 12.8 Å². The third kappa shape index (κ3) is 1.46. The molecule has 2 aromatic rings. The van der Waals surface area contributed by atoms with Gasteiger partial charge in [0.05, 0.1) is 18.1 Å². The van der Waals surface area contributed by atoms with Crippen LogP contribution < -0.4 is 5.73 Å². The Morgan fingerprint density at radius 1 is 1.57 bits per heavy atom. The fourth-order valence-corrected chi connectivity index (χ4v) is 1.50. The number of aryl methyl sites for hydroxylation is 1. The van der Waals surface area contributed by atoms with Gasteiger partial charge in [0, 0.05) is 12.4 Å². The summed E-state index contributed by atoms with van der Waals surface area (Å²) in [6.07, 6.45) is 2.07. The quantitative estimate of drug-likeness (QED) is 0.752. The van der Waals surface area contributed by atoms with Gasteiger partial charge in [0.15, 0.2) is 0 Å². The van der Waals surface area contributed by atoms with Crippen molar-refractivity contribution >= 4 is 16.8 Å². The number of rotatable bonds is 2. The summed E-state index contributed by atoms with van der Waals surface area (Å²) in [5.74, 6) is -0.313. The van der Waals surface area contributed by atoms with Gasteiger partial charge in [0.1, 0.15) is 0 Å². The number of nitrogens with zero attached hydrogens (tertiary/aromatic N) is 2. The van der Waals surface area contributed by atoms with E-state index >= 15 is 0 Å². The predicted octanol–water partition coefficient (Wildman–Crippen LogP) is 0.601. The summed E-state index contributed by atoms with van der Waals surface area (Å²) in [7, 11) is 1.87. The summed E-state index contributed by atoms with van der Waals surface area (Å²) in [6.45, 7) is 0. The molecule has 1 amide bonds. The van der Waals surface area contributed by atoms with Crippen LogP contribution in [-0.4, -0.2) is 15.7 Å². The molecule has 0 bridgehead atoms. The average Bonchev–Trinajstić information content (AvgIpc) is 2.47. The molecule has 1 aromatic heterocycles. The zero-order valence-corrected chi connectivity index (χ0v) is 7.90. The second-order valence-corrected chi connectivity index (χ2v) is 3.30. The number of hydrogen-bond donors (Lipinski definition) is 1. The van der Waals surface area contributed by atoms with Gasteiger partial charge in [-0.15, -0.1) is 0 Å². The van der Waals surface area contributed by atoms with Gasteiger partial charge in [-0.1, -0.05) is 12.1 Å². The maximum Gasteiger partial charge on any atom is 0.221 e. The van der Waals surface area contributed by atoms with Crippen LogP contribution >= 0.6 is 0 Å². The molecule has 0 unspecified atom stereocenters.